The molecule has 0 amide bonds. The number of nitro benzene ring substituents is 1. The third-order valence-electron chi connectivity index (χ3n) is 2.52. The van der Waals surface area contributed by atoms with Crippen LogP contribution >= 0.6 is 0 Å². The molecule has 0 fully saturated rings. The molecule has 0 bridgehead atoms. The number of nitro groups is 1. The van der Waals surface area contributed by atoms with Crippen LogP contribution in [0.1, 0.15) is 13.8 Å². The maximum Gasteiger partial charge on any atom is 0.347 e. The first-order chi connectivity index (χ1) is 10.9. The van der Waals surface area contributed by atoms with Gasteiger partial charge in [-0.1, -0.05) is 0 Å². The molecule has 0 heterocycles. The molecule has 0 saturated carbocycles. The van der Waals surface area contributed by atoms with Crippen LogP contribution in [0.5, 0.6) is 0 Å². The lowest BCUT2D eigenvalue weighted by molar-refractivity contribution is -0.387. The minimum atomic E-state index is -1.000. The van der Waals surface area contributed by atoms with E-state index in [0.717, 1.165) is 18.3 Å². The van der Waals surface area contributed by atoms with Crippen molar-refractivity contribution in [3.8, 4) is 0 Å². The van der Waals surface area contributed by atoms with E-state index in [4.69, 9.17) is 9.47 Å². The van der Waals surface area contributed by atoms with Crippen molar-refractivity contribution >= 4 is 23.3 Å². The minimum Gasteiger partial charge on any atom is -0.462 e. The average molecular weight is 326 g/mol. The molecule has 0 unspecified atom stereocenters. The fourth-order valence-corrected chi connectivity index (χ4v) is 1.52. The predicted molar refractivity (Wildman–Crippen MR) is 78.0 cm³/mol. The number of benzene rings is 1. The molecular formula is C14H15FN2O6. The van der Waals surface area contributed by atoms with Crippen LogP contribution in [-0.4, -0.2) is 30.1 Å². The molecule has 1 aromatic carbocycles. The third-order valence-corrected chi connectivity index (χ3v) is 2.52. The molecule has 1 aromatic rings. The van der Waals surface area contributed by atoms with Gasteiger partial charge < -0.3 is 14.8 Å². The molecule has 0 aliphatic rings. The lowest BCUT2D eigenvalue weighted by atomic mass is 10.2. The topological polar surface area (TPSA) is 108 Å². The number of nitrogens with one attached hydrogen (secondary N) is 1. The largest absolute Gasteiger partial charge is 0.462 e. The first kappa shape index (κ1) is 18.1. The summed E-state index contributed by atoms with van der Waals surface area (Å²) in [5, 5.41) is 13.2. The van der Waals surface area contributed by atoms with Crippen molar-refractivity contribution in [2.24, 2.45) is 0 Å². The smallest absolute Gasteiger partial charge is 0.347 e. The summed E-state index contributed by atoms with van der Waals surface area (Å²) >= 11 is 0. The maximum absolute atomic E-state index is 13.2. The molecule has 0 radical (unpaired) electrons. The first-order valence-electron chi connectivity index (χ1n) is 6.65. The summed E-state index contributed by atoms with van der Waals surface area (Å²) in [5.41, 5.74) is -1.04. The molecule has 23 heavy (non-hydrogen) atoms. The molecule has 0 aliphatic carbocycles. The Morgan fingerprint density at radius 2 is 1.83 bits per heavy atom. The molecule has 1 rings (SSSR count). The number of rotatable bonds is 7. The van der Waals surface area contributed by atoms with Gasteiger partial charge in [0.05, 0.1) is 18.1 Å². The highest BCUT2D eigenvalue weighted by Crippen LogP contribution is 2.21. The van der Waals surface area contributed by atoms with E-state index in [1.807, 2.05) is 0 Å². The quantitative estimate of drug-likeness (QED) is 0.204. The van der Waals surface area contributed by atoms with Crippen LogP contribution in [0, 0.1) is 15.9 Å². The van der Waals surface area contributed by atoms with E-state index in [9.17, 15) is 24.1 Å². The van der Waals surface area contributed by atoms with Gasteiger partial charge in [0.1, 0.15) is 0 Å². The summed E-state index contributed by atoms with van der Waals surface area (Å²) < 4.78 is 22.7. The number of hydrogen-bond acceptors (Lipinski definition) is 7. The normalized spacial score (nSPS) is 9.70. The fourth-order valence-electron chi connectivity index (χ4n) is 1.52. The van der Waals surface area contributed by atoms with Crippen molar-refractivity contribution in [2.75, 3.05) is 18.5 Å². The van der Waals surface area contributed by atoms with Crippen LogP contribution in [0.2, 0.25) is 0 Å². The van der Waals surface area contributed by atoms with Crippen molar-refractivity contribution in [1.29, 1.82) is 0 Å². The van der Waals surface area contributed by atoms with E-state index in [1.165, 1.54) is 6.07 Å². The highest BCUT2D eigenvalue weighted by molar-refractivity contribution is 6.14. The minimum absolute atomic E-state index is 0.0532. The number of hydrogen-bond donors (Lipinski definition) is 1. The Morgan fingerprint density at radius 1 is 1.26 bits per heavy atom. The lowest BCUT2D eigenvalue weighted by Crippen LogP contribution is -2.19. The van der Waals surface area contributed by atoms with Gasteiger partial charge in [0.15, 0.2) is 5.57 Å². The Kier molecular flexibility index (Phi) is 6.66. The van der Waals surface area contributed by atoms with Gasteiger partial charge in [-0.25, -0.2) is 9.59 Å². The lowest BCUT2D eigenvalue weighted by Gasteiger charge is -2.07. The molecule has 0 saturated heterocycles. The number of ether oxygens (including phenoxy) is 2. The zero-order valence-corrected chi connectivity index (χ0v) is 12.5. The van der Waals surface area contributed by atoms with Gasteiger partial charge in [0.2, 0.25) is 5.82 Å². The molecular weight excluding hydrogens is 311 g/mol. The van der Waals surface area contributed by atoms with Gasteiger partial charge in [0.25, 0.3) is 0 Å². The highest BCUT2D eigenvalue weighted by Gasteiger charge is 2.21. The number of carbonyl (C=O) groups is 2. The molecule has 8 nitrogen and oxygen atoms in total. The summed E-state index contributed by atoms with van der Waals surface area (Å²) in [4.78, 5) is 33.2. The molecule has 9 heteroatoms. The van der Waals surface area contributed by atoms with E-state index in [2.05, 4.69) is 5.32 Å². The highest BCUT2D eigenvalue weighted by atomic mass is 19.1. The molecule has 0 aliphatic heterocycles. The molecule has 124 valence electrons. The van der Waals surface area contributed by atoms with Crippen molar-refractivity contribution in [2.45, 2.75) is 13.8 Å². The van der Waals surface area contributed by atoms with Gasteiger partial charge in [-0.05, 0) is 26.0 Å². The Bertz CT molecular complexity index is 624. The first-order valence-corrected chi connectivity index (χ1v) is 6.65. The van der Waals surface area contributed by atoms with E-state index < -0.39 is 33.9 Å². The standard InChI is InChI=1S/C14H15FN2O6/c1-3-22-13(18)10(14(19)23-4-2)8-16-9-5-6-11(15)12(7-9)17(20)21/h5-8,16H,3-4H2,1-2H3. The number of nitrogens with zero attached hydrogens (tertiary/aromatic N) is 1. The fraction of sp³-hybridized carbons (Fsp3) is 0.286. The van der Waals surface area contributed by atoms with Crippen LogP contribution in [-0.2, 0) is 19.1 Å². The van der Waals surface area contributed by atoms with Gasteiger partial charge >= 0.3 is 17.6 Å². The zero-order chi connectivity index (χ0) is 17.4. The second kappa shape index (κ2) is 8.47. The number of esters is 2. The van der Waals surface area contributed by atoms with Gasteiger partial charge in [-0.15, -0.1) is 0 Å². The van der Waals surface area contributed by atoms with E-state index in [1.54, 1.807) is 13.8 Å². The van der Waals surface area contributed by atoms with Crippen LogP contribution in [0.4, 0.5) is 15.8 Å². The Morgan fingerprint density at radius 3 is 2.30 bits per heavy atom. The van der Waals surface area contributed by atoms with Crippen molar-refractivity contribution < 1.29 is 28.4 Å². The van der Waals surface area contributed by atoms with Crippen molar-refractivity contribution in [1.82, 2.24) is 0 Å². The molecule has 0 spiro atoms. The second-order valence-electron chi connectivity index (χ2n) is 4.07. The summed E-state index contributed by atoms with van der Waals surface area (Å²) in [6.07, 6.45) is 0.993. The van der Waals surface area contributed by atoms with Crippen molar-refractivity contribution in [3.63, 3.8) is 0 Å². The Labute approximate surface area is 131 Å². The summed E-state index contributed by atoms with van der Waals surface area (Å²) in [6, 6.07) is 3.04. The maximum atomic E-state index is 13.2. The van der Waals surface area contributed by atoms with Crippen LogP contribution in [0.25, 0.3) is 0 Å². The van der Waals surface area contributed by atoms with Crippen LogP contribution in [0.3, 0.4) is 0 Å². The van der Waals surface area contributed by atoms with Gasteiger partial charge in [-0.3, -0.25) is 10.1 Å². The molecule has 0 aromatic heterocycles. The zero-order valence-electron chi connectivity index (χ0n) is 12.5. The monoisotopic (exact) mass is 326 g/mol. The molecule has 0 atom stereocenters. The molecule has 1 N–H and O–H groups in total. The van der Waals surface area contributed by atoms with Crippen molar-refractivity contribution in [3.05, 3.63) is 45.9 Å². The van der Waals surface area contributed by atoms with Gasteiger partial charge in [0, 0.05) is 18.0 Å². The predicted octanol–water partition coefficient (Wildman–Crippen LogP) is 2.16. The number of anilines is 1. The SMILES string of the molecule is CCOC(=O)C(=CNc1ccc(F)c([N+](=O)[O-])c1)C(=O)OCC. The van der Waals surface area contributed by atoms with E-state index in [0.29, 0.717) is 0 Å². The summed E-state index contributed by atoms with van der Waals surface area (Å²) in [5.74, 6) is -2.81. The number of carbonyl (C=O) groups excluding carboxylic acids is 2. The summed E-state index contributed by atoms with van der Waals surface area (Å²) in [6.45, 7) is 3.24. The van der Waals surface area contributed by atoms with Crippen LogP contribution < -0.4 is 5.32 Å². The van der Waals surface area contributed by atoms with E-state index >= 15 is 0 Å². The van der Waals surface area contributed by atoms with Crippen LogP contribution in [0.15, 0.2) is 30.0 Å². The van der Waals surface area contributed by atoms with E-state index in [-0.39, 0.29) is 18.9 Å². The number of halogens is 1. The Hall–Kier alpha value is -2.97. The third kappa shape index (κ3) is 5.06. The average Bonchev–Trinajstić information content (AvgIpc) is 2.49. The van der Waals surface area contributed by atoms with Gasteiger partial charge in [-0.2, -0.15) is 4.39 Å². The second-order valence-corrected chi connectivity index (χ2v) is 4.07. The Balaban J connectivity index is 3.04. The summed E-state index contributed by atoms with van der Waals surface area (Å²) in [7, 11) is 0.